The van der Waals surface area contributed by atoms with Crippen LogP contribution < -0.4 is 10.2 Å². The predicted molar refractivity (Wildman–Crippen MR) is 154 cm³/mol. The molecule has 2 aromatic heterocycles. The second-order valence-electron chi connectivity index (χ2n) is 10.8. The molecule has 3 aromatic rings. The van der Waals surface area contributed by atoms with Crippen molar-refractivity contribution in [2.75, 3.05) is 50.5 Å². The smallest absolute Gasteiger partial charge is 0.243 e. The first-order chi connectivity index (χ1) is 18.7. The molecule has 2 atom stereocenters. The zero-order chi connectivity index (χ0) is 27.6. The molecule has 208 valence electrons. The van der Waals surface area contributed by atoms with Crippen molar-refractivity contribution in [2.24, 2.45) is 0 Å². The fraction of sp³-hybridized carbons (Fsp3) is 0.448. The first-order valence-corrected chi connectivity index (χ1v) is 15.0. The minimum absolute atomic E-state index is 0.0325. The van der Waals surface area contributed by atoms with Crippen molar-refractivity contribution in [1.82, 2.24) is 19.2 Å². The van der Waals surface area contributed by atoms with Crippen LogP contribution in [0.3, 0.4) is 0 Å². The lowest BCUT2D eigenvalue weighted by molar-refractivity contribution is 0.0949. The molecule has 5 rings (SSSR count). The number of piperidine rings is 2. The number of hydrogen-bond acceptors (Lipinski definition) is 8. The highest BCUT2D eigenvalue weighted by Gasteiger charge is 2.35. The van der Waals surface area contributed by atoms with Gasteiger partial charge in [-0.15, -0.1) is 0 Å². The molecule has 0 spiro atoms. The van der Waals surface area contributed by atoms with E-state index >= 15 is 0 Å². The summed E-state index contributed by atoms with van der Waals surface area (Å²) in [7, 11) is 0.551. The van der Waals surface area contributed by atoms with Gasteiger partial charge in [-0.05, 0) is 81.7 Å². The van der Waals surface area contributed by atoms with Crippen LogP contribution in [0.1, 0.15) is 24.8 Å². The van der Waals surface area contributed by atoms with Crippen LogP contribution in [-0.4, -0.2) is 91.2 Å². The molecule has 0 saturated carbocycles. The van der Waals surface area contributed by atoms with Crippen LogP contribution in [0.25, 0.3) is 11.1 Å². The van der Waals surface area contributed by atoms with E-state index in [0.717, 1.165) is 48.4 Å². The van der Waals surface area contributed by atoms with Gasteiger partial charge in [0.2, 0.25) is 10.0 Å². The normalized spacial score (nSPS) is 21.3. The van der Waals surface area contributed by atoms with Crippen LogP contribution >= 0.6 is 0 Å². The van der Waals surface area contributed by atoms with E-state index in [9.17, 15) is 13.5 Å². The van der Waals surface area contributed by atoms with Crippen molar-refractivity contribution in [3.8, 4) is 11.1 Å². The van der Waals surface area contributed by atoms with E-state index in [4.69, 9.17) is 4.98 Å². The van der Waals surface area contributed by atoms with Crippen LogP contribution in [0.2, 0.25) is 0 Å². The first kappa shape index (κ1) is 27.5. The molecule has 4 heterocycles. The maximum absolute atomic E-state index is 13.3. The lowest BCUT2D eigenvalue weighted by Gasteiger charge is -2.35. The molecule has 0 amide bonds. The molecular weight excluding hydrogens is 512 g/mol. The minimum atomic E-state index is -3.72. The van der Waals surface area contributed by atoms with Crippen LogP contribution in [0, 0.1) is 6.92 Å². The Bertz CT molecular complexity index is 1340. The van der Waals surface area contributed by atoms with Gasteiger partial charge < -0.3 is 20.2 Å². The van der Waals surface area contributed by atoms with Crippen molar-refractivity contribution in [1.29, 1.82) is 0 Å². The second kappa shape index (κ2) is 11.6. The molecule has 2 aliphatic heterocycles. The molecule has 2 saturated heterocycles. The average Bonchev–Trinajstić information content (AvgIpc) is 2.95. The van der Waals surface area contributed by atoms with Gasteiger partial charge in [0, 0.05) is 50.2 Å². The Morgan fingerprint density at radius 2 is 1.62 bits per heavy atom. The highest BCUT2D eigenvalue weighted by Crippen LogP contribution is 2.27. The van der Waals surface area contributed by atoms with Crippen molar-refractivity contribution in [2.45, 2.75) is 49.3 Å². The Morgan fingerprint density at radius 1 is 0.897 bits per heavy atom. The summed E-state index contributed by atoms with van der Waals surface area (Å²) < 4.78 is 28.0. The molecule has 0 bridgehead atoms. The summed E-state index contributed by atoms with van der Waals surface area (Å²) in [5.74, 6) is 1.65. The molecule has 39 heavy (non-hydrogen) atoms. The van der Waals surface area contributed by atoms with Gasteiger partial charge >= 0.3 is 0 Å². The number of nitrogens with one attached hydrogen (secondary N) is 1. The third kappa shape index (κ3) is 6.24. The van der Waals surface area contributed by atoms with Crippen molar-refractivity contribution < 1.29 is 13.5 Å². The summed E-state index contributed by atoms with van der Waals surface area (Å²) >= 11 is 0. The third-order valence-corrected chi connectivity index (χ3v) is 9.76. The van der Waals surface area contributed by atoms with Gasteiger partial charge in [-0.3, -0.25) is 0 Å². The number of β-amino-alcohol motifs (C(OH)–C–C–N with tert-alkyl or cyclic N) is 1. The summed E-state index contributed by atoms with van der Waals surface area (Å²) in [5, 5.41) is 13.9. The number of aliphatic hydroxyl groups is 1. The van der Waals surface area contributed by atoms with E-state index in [2.05, 4.69) is 34.2 Å². The van der Waals surface area contributed by atoms with Crippen LogP contribution in [0.4, 0.5) is 11.6 Å². The van der Waals surface area contributed by atoms with E-state index in [1.807, 2.05) is 49.5 Å². The first-order valence-electron chi connectivity index (χ1n) is 13.6. The van der Waals surface area contributed by atoms with Gasteiger partial charge in [0.25, 0.3) is 0 Å². The fourth-order valence-electron chi connectivity index (χ4n) is 5.36. The van der Waals surface area contributed by atoms with E-state index < -0.39 is 16.1 Å². The standard InChI is InChI=1S/C29H38N6O3S/c1-21-4-10-28(30-18-21)32-26-14-17-35(20-27(26)36)39(37,38)25-8-5-22(6-9-25)23-7-11-29(31-19-23)34-15-12-24(13-16-34)33(2)3/h4-11,18-19,24,26-27,36H,12-17,20H2,1-3H3,(H,30,32)/t26-,27+/m1/s1. The number of aromatic nitrogens is 2. The van der Waals surface area contributed by atoms with Crippen LogP contribution in [0.5, 0.6) is 0 Å². The number of aliphatic hydroxyl groups excluding tert-OH is 1. The summed E-state index contributed by atoms with van der Waals surface area (Å²) in [4.78, 5) is 13.9. The predicted octanol–water partition coefficient (Wildman–Crippen LogP) is 3.22. The molecule has 1 aromatic carbocycles. The highest BCUT2D eigenvalue weighted by molar-refractivity contribution is 7.89. The Kier molecular flexibility index (Phi) is 8.18. The van der Waals surface area contributed by atoms with Gasteiger partial charge in [0.1, 0.15) is 11.6 Å². The minimum Gasteiger partial charge on any atom is -0.390 e. The average molecular weight is 551 g/mol. The summed E-state index contributed by atoms with van der Waals surface area (Å²) in [5.41, 5.74) is 2.91. The molecule has 10 heteroatoms. The van der Waals surface area contributed by atoms with Gasteiger partial charge in [-0.2, -0.15) is 4.31 Å². The zero-order valence-electron chi connectivity index (χ0n) is 22.9. The van der Waals surface area contributed by atoms with Gasteiger partial charge in [0.15, 0.2) is 0 Å². The monoisotopic (exact) mass is 550 g/mol. The van der Waals surface area contributed by atoms with E-state index in [1.54, 1.807) is 18.3 Å². The zero-order valence-corrected chi connectivity index (χ0v) is 23.7. The second-order valence-corrected chi connectivity index (χ2v) is 12.7. The molecule has 9 nitrogen and oxygen atoms in total. The van der Waals surface area contributed by atoms with Gasteiger partial charge in [0.05, 0.1) is 17.0 Å². The molecule has 2 N–H and O–H groups in total. The van der Waals surface area contributed by atoms with Crippen molar-refractivity contribution in [3.05, 3.63) is 66.5 Å². The third-order valence-electron chi connectivity index (χ3n) is 7.88. The van der Waals surface area contributed by atoms with Crippen molar-refractivity contribution >= 4 is 21.7 Å². The SMILES string of the molecule is Cc1ccc(N[C@@H]2CCN(S(=O)(=O)c3ccc(-c4ccc(N5CCC(N(C)C)CC5)nc4)cc3)C[C@@H]2O)nc1. The van der Waals surface area contributed by atoms with E-state index in [1.165, 1.54) is 4.31 Å². The number of nitrogens with zero attached hydrogens (tertiary/aromatic N) is 5. The van der Waals surface area contributed by atoms with Gasteiger partial charge in [-0.25, -0.2) is 18.4 Å². The topological polar surface area (TPSA) is 102 Å². The maximum atomic E-state index is 13.3. The quantitative estimate of drug-likeness (QED) is 0.463. The molecule has 0 radical (unpaired) electrons. The highest BCUT2D eigenvalue weighted by atomic mass is 32.2. The summed E-state index contributed by atoms with van der Waals surface area (Å²) in [6.45, 7) is 4.30. The van der Waals surface area contributed by atoms with E-state index in [-0.39, 0.29) is 17.5 Å². The Balaban J connectivity index is 1.20. The molecule has 0 unspecified atom stereocenters. The van der Waals surface area contributed by atoms with Crippen LogP contribution in [-0.2, 0) is 10.0 Å². The number of sulfonamides is 1. The van der Waals surface area contributed by atoms with Gasteiger partial charge in [-0.1, -0.05) is 18.2 Å². The fourth-order valence-corrected chi connectivity index (χ4v) is 6.83. The number of aryl methyl sites for hydroxylation is 1. The van der Waals surface area contributed by atoms with Crippen molar-refractivity contribution in [3.63, 3.8) is 0 Å². The molecule has 0 aliphatic carbocycles. The molecule has 2 fully saturated rings. The summed E-state index contributed by atoms with van der Waals surface area (Å²) in [6, 6.07) is 15.2. The summed E-state index contributed by atoms with van der Waals surface area (Å²) in [6.07, 6.45) is 5.52. The number of anilines is 2. The largest absolute Gasteiger partial charge is 0.390 e. The molecular formula is C29H38N6O3S. The number of hydrogen-bond donors (Lipinski definition) is 2. The Labute approximate surface area is 231 Å². The van der Waals surface area contributed by atoms with E-state index in [0.29, 0.717) is 24.8 Å². The number of pyridine rings is 2. The number of rotatable bonds is 7. The Morgan fingerprint density at radius 3 is 2.21 bits per heavy atom. The number of benzene rings is 1. The Hall–Kier alpha value is -3.05. The van der Waals surface area contributed by atoms with Crippen LogP contribution in [0.15, 0.2) is 65.8 Å². The lowest BCUT2D eigenvalue weighted by atomic mass is 10.0. The lowest BCUT2D eigenvalue weighted by Crippen LogP contribution is -2.51. The maximum Gasteiger partial charge on any atom is 0.243 e. The molecule has 2 aliphatic rings.